The lowest BCUT2D eigenvalue weighted by atomic mass is 9.94. The van der Waals surface area contributed by atoms with Crippen LogP contribution in [0.3, 0.4) is 0 Å². The number of hydroxylamine groups is 2. The fourth-order valence-electron chi connectivity index (χ4n) is 3.06. The van der Waals surface area contributed by atoms with E-state index < -0.39 is 22.7 Å². The molecule has 4 rings (SSSR count). The molecule has 1 aliphatic heterocycles. The maximum Gasteiger partial charge on any atom is 0.365 e. The van der Waals surface area contributed by atoms with Crippen molar-refractivity contribution in [1.29, 1.82) is 0 Å². The van der Waals surface area contributed by atoms with E-state index in [1.54, 1.807) is 18.2 Å². The fraction of sp³-hybridized carbons (Fsp3) is 0. The van der Waals surface area contributed by atoms with E-state index >= 15 is 0 Å². The Labute approximate surface area is 165 Å². The Morgan fingerprint density at radius 2 is 1.64 bits per heavy atom. The Bertz CT molecular complexity index is 1180. The summed E-state index contributed by atoms with van der Waals surface area (Å²) < 4.78 is 0.440. The molecule has 138 valence electrons. The first-order chi connectivity index (χ1) is 13.4. The summed E-state index contributed by atoms with van der Waals surface area (Å²) in [7, 11) is 0. The number of nitro benzene ring substituents is 1. The zero-order chi connectivity index (χ0) is 20.0. The number of hydrogen-bond acceptors (Lipinski definition) is 6. The van der Waals surface area contributed by atoms with Gasteiger partial charge in [-0.1, -0.05) is 23.3 Å². The standard InChI is InChI=1S/C19H9BrN2O6/c20-14-7-2-1-4-10(14)19(25)28-21-17(23)12-6-3-5-11-15(22(26)27)9-8-13(16(11)12)18(21)24/h1-9H. The molecule has 8 nitrogen and oxygen atoms in total. The lowest BCUT2D eigenvalue weighted by molar-refractivity contribution is -0.383. The molecular weight excluding hydrogens is 432 g/mol. The van der Waals surface area contributed by atoms with Gasteiger partial charge in [-0.2, -0.15) is 0 Å². The Morgan fingerprint density at radius 3 is 2.32 bits per heavy atom. The molecule has 3 aromatic carbocycles. The van der Waals surface area contributed by atoms with E-state index in [0.29, 0.717) is 9.54 Å². The third-order valence-corrected chi connectivity index (χ3v) is 5.00. The molecule has 1 heterocycles. The molecule has 0 aromatic heterocycles. The summed E-state index contributed by atoms with van der Waals surface area (Å²) in [4.78, 5) is 53.8. The van der Waals surface area contributed by atoms with Crippen LogP contribution < -0.4 is 0 Å². The van der Waals surface area contributed by atoms with E-state index in [9.17, 15) is 24.5 Å². The second-order valence-electron chi connectivity index (χ2n) is 5.88. The SMILES string of the molecule is O=C(ON1C(=O)c2cccc3c([N+](=O)[O-])ccc(c23)C1=O)c1ccccc1Br. The van der Waals surface area contributed by atoms with Crippen molar-refractivity contribution >= 4 is 50.2 Å². The highest BCUT2D eigenvalue weighted by Crippen LogP contribution is 2.35. The highest BCUT2D eigenvalue weighted by Gasteiger charge is 2.37. The quantitative estimate of drug-likeness (QED) is 0.347. The topological polar surface area (TPSA) is 107 Å². The van der Waals surface area contributed by atoms with Gasteiger partial charge >= 0.3 is 5.97 Å². The zero-order valence-electron chi connectivity index (χ0n) is 13.9. The fourth-order valence-corrected chi connectivity index (χ4v) is 3.51. The van der Waals surface area contributed by atoms with Gasteiger partial charge in [0.25, 0.3) is 17.5 Å². The van der Waals surface area contributed by atoms with E-state index in [1.807, 2.05) is 0 Å². The van der Waals surface area contributed by atoms with Gasteiger partial charge in [-0.25, -0.2) is 4.79 Å². The highest BCUT2D eigenvalue weighted by molar-refractivity contribution is 9.10. The number of nitro groups is 1. The number of non-ortho nitro benzene ring substituents is 1. The van der Waals surface area contributed by atoms with Gasteiger partial charge < -0.3 is 4.84 Å². The number of imide groups is 1. The molecule has 0 saturated carbocycles. The van der Waals surface area contributed by atoms with Crippen LogP contribution in [0.5, 0.6) is 0 Å². The van der Waals surface area contributed by atoms with Crippen molar-refractivity contribution in [2.75, 3.05) is 0 Å². The Morgan fingerprint density at radius 1 is 0.964 bits per heavy atom. The first-order valence-electron chi connectivity index (χ1n) is 7.96. The largest absolute Gasteiger partial charge is 0.365 e. The Hall–Kier alpha value is -3.59. The molecule has 0 N–H and O–H groups in total. The lowest BCUT2D eigenvalue weighted by Crippen LogP contribution is -2.41. The van der Waals surface area contributed by atoms with E-state index in [-0.39, 0.29) is 33.2 Å². The monoisotopic (exact) mass is 440 g/mol. The predicted octanol–water partition coefficient (Wildman–Crippen LogP) is 3.88. The number of amides is 2. The Kier molecular flexibility index (Phi) is 4.16. The normalized spacial score (nSPS) is 13.0. The van der Waals surface area contributed by atoms with Crippen molar-refractivity contribution in [3.8, 4) is 0 Å². The molecule has 28 heavy (non-hydrogen) atoms. The summed E-state index contributed by atoms with van der Waals surface area (Å²) in [6.07, 6.45) is 0. The van der Waals surface area contributed by atoms with Crippen LogP contribution in [-0.2, 0) is 4.84 Å². The molecule has 0 saturated heterocycles. The number of hydrogen-bond donors (Lipinski definition) is 0. The molecule has 0 aliphatic carbocycles. The van der Waals surface area contributed by atoms with Crippen LogP contribution >= 0.6 is 15.9 Å². The summed E-state index contributed by atoms with van der Waals surface area (Å²) in [5.41, 5.74) is -0.0119. The van der Waals surface area contributed by atoms with Gasteiger partial charge in [-0.15, -0.1) is 0 Å². The molecule has 0 radical (unpaired) electrons. The third-order valence-electron chi connectivity index (χ3n) is 4.31. The number of rotatable bonds is 3. The van der Waals surface area contributed by atoms with Gasteiger partial charge in [0.15, 0.2) is 0 Å². The first-order valence-corrected chi connectivity index (χ1v) is 8.75. The van der Waals surface area contributed by atoms with Crippen LogP contribution in [0, 0.1) is 10.1 Å². The smallest absolute Gasteiger partial charge is 0.324 e. The van der Waals surface area contributed by atoms with Gasteiger partial charge in [0.2, 0.25) is 0 Å². The first kappa shape index (κ1) is 17.8. The molecule has 0 spiro atoms. The van der Waals surface area contributed by atoms with E-state index in [4.69, 9.17) is 4.84 Å². The van der Waals surface area contributed by atoms with Gasteiger partial charge in [0, 0.05) is 15.9 Å². The van der Waals surface area contributed by atoms with E-state index in [1.165, 1.54) is 36.4 Å². The van der Waals surface area contributed by atoms with Gasteiger partial charge in [-0.3, -0.25) is 19.7 Å². The second-order valence-corrected chi connectivity index (χ2v) is 6.74. The van der Waals surface area contributed by atoms with Crippen molar-refractivity contribution < 1.29 is 24.1 Å². The van der Waals surface area contributed by atoms with Crippen LogP contribution in [0.25, 0.3) is 10.8 Å². The molecule has 1 aliphatic rings. The number of nitrogens with zero attached hydrogens (tertiary/aromatic N) is 2. The number of benzene rings is 3. The summed E-state index contributed by atoms with van der Waals surface area (Å²) in [5.74, 6) is -2.64. The molecule has 0 fully saturated rings. The maximum atomic E-state index is 12.8. The van der Waals surface area contributed by atoms with E-state index in [0.717, 1.165) is 0 Å². The van der Waals surface area contributed by atoms with Gasteiger partial charge in [-0.05, 0) is 46.3 Å². The van der Waals surface area contributed by atoms with E-state index in [2.05, 4.69) is 15.9 Å². The molecule has 9 heteroatoms. The number of carbonyl (C=O) groups excluding carboxylic acids is 3. The minimum absolute atomic E-state index is 0.0377. The van der Waals surface area contributed by atoms with Gasteiger partial charge in [0.1, 0.15) is 0 Å². The van der Waals surface area contributed by atoms with Crippen molar-refractivity contribution in [2.24, 2.45) is 0 Å². The minimum atomic E-state index is -0.897. The molecule has 0 unspecified atom stereocenters. The average Bonchev–Trinajstić information content (AvgIpc) is 2.68. The maximum absolute atomic E-state index is 12.8. The summed E-state index contributed by atoms with van der Waals surface area (Å²) in [6.45, 7) is 0. The highest BCUT2D eigenvalue weighted by atomic mass is 79.9. The van der Waals surface area contributed by atoms with Crippen LogP contribution in [-0.4, -0.2) is 27.8 Å². The lowest BCUT2D eigenvalue weighted by Gasteiger charge is -2.25. The molecular formula is C19H9BrN2O6. The molecule has 2 amide bonds. The molecule has 3 aromatic rings. The van der Waals surface area contributed by atoms with Gasteiger partial charge in [0.05, 0.1) is 27.0 Å². The average molecular weight is 441 g/mol. The van der Waals surface area contributed by atoms with Crippen molar-refractivity contribution in [3.05, 3.63) is 85.9 Å². The van der Waals surface area contributed by atoms with Crippen LogP contribution in [0.2, 0.25) is 0 Å². The third kappa shape index (κ3) is 2.64. The zero-order valence-corrected chi connectivity index (χ0v) is 15.5. The molecule has 0 atom stereocenters. The minimum Gasteiger partial charge on any atom is -0.324 e. The van der Waals surface area contributed by atoms with Crippen molar-refractivity contribution in [1.82, 2.24) is 5.06 Å². The summed E-state index contributed by atoms with van der Waals surface area (Å²) >= 11 is 3.21. The van der Waals surface area contributed by atoms with Crippen molar-refractivity contribution in [2.45, 2.75) is 0 Å². The molecule has 0 bridgehead atoms. The number of carbonyl (C=O) groups is 3. The number of halogens is 1. The second kappa shape index (κ2) is 6.54. The van der Waals surface area contributed by atoms with Crippen LogP contribution in [0.1, 0.15) is 31.1 Å². The Balaban J connectivity index is 1.80. The van der Waals surface area contributed by atoms with Crippen LogP contribution in [0.4, 0.5) is 5.69 Å². The summed E-state index contributed by atoms with van der Waals surface area (Å²) in [6, 6.07) is 13.2. The summed E-state index contributed by atoms with van der Waals surface area (Å²) in [5, 5.41) is 12.0. The predicted molar refractivity (Wildman–Crippen MR) is 101 cm³/mol. The van der Waals surface area contributed by atoms with Crippen molar-refractivity contribution in [3.63, 3.8) is 0 Å². The van der Waals surface area contributed by atoms with Crippen LogP contribution in [0.15, 0.2) is 59.1 Å².